The molecule has 86 valence electrons. The van der Waals surface area contributed by atoms with E-state index in [0.29, 0.717) is 6.04 Å². The third-order valence-electron chi connectivity index (χ3n) is 3.43. The number of carbonyl (C=O) groups is 1. The summed E-state index contributed by atoms with van der Waals surface area (Å²) in [6, 6.07) is 0.536. The van der Waals surface area contributed by atoms with Crippen molar-refractivity contribution < 1.29 is 14.1 Å². The Morgan fingerprint density at radius 2 is 1.87 bits per heavy atom. The molecule has 0 spiro atoms. The first-order valence-electron chi connectivity index (χ1n) is 5.50. The van der Waals surface area contributed by atoms with Crippen molar-refractivity contribution >= 4 is 16.8 Å². The third-order valence-corrected chi connectivity index (χ3v) is 4.81. The molecule has 0 bridgehead atoms. The molecule has 0 aromatic rings. The van der Waals surface area contributed by atoms with Gasteiger partial charge in [-0.2, -0.15) is 0 Å². The predicted octanol–water partition coefficient (Wildman–Crippen LogP) is 0.350. The van der Waals surface area contributed by atoms with Crippen molar-refractivity contribution in [1.82, 2.24) is 5.32 Å². The van der Waals surface area contributed by atoms with Gasteiger partial charge < -0.3 is 10.4 Å². The maximum absolute atomic E-state index is 11.1. The van der Waals surface area contributed by atoms with E-state index in [4.69, 9.17) is 5.11 Å². The molecule has 2 N–H and O–H groups in total. The molecular weight excluding hydrogens is 214 g/mol. The molecule has 0 amide bonds. The van der Waals surface area contributed by atoms with Gasteiger partial charge in [0.15, 0.2) is 0 Å². The van der Waals surface area contributed by atoms with Crippen LogP contribution in [-0.2, 0) is 15.6 Å². The quantitative estimate of drug-likeness (QED) is 0.735. The molecule has 2 atom stereocenters. The number of hydrogen-bond acceptors (Lipinski definition) is 3. The molecule has 5 heteroatoms. The van der Waals surface area contributed by atoms with Crippen LogP contribution in [0.1, 0.15) is 25.7 Å². The first-order chi connectivity index (χ1) is 7.16. The minimum Gasteiger partial charge on any atom is -0.481 e. The minimum absolute atomic E-state index is 0.152. The van der Waals surface area contributed by atoms with E-state index in [1.165, 1.54) is 0 Å². The highest BCUT2D eigenvalue weighted by molar-refractivity contribution is 7.85. The molecular formula is C10H17NO3S. The van der Waals surface area contributed by atoms with Crippen molar-refractivity contribution in [2.24, 2.45) is 5.92 Å². The van der Waals surface area contributed by atoms with Crippen LogP contribution >= 0.6 is 0 Å². The Morgan fingerprint density at radius 1 is 1.20 bits per heavy atom. The average molecular weight is 231 g/mol. The van der Waals surface area contributed by atoms with E-state index in [9.17, 15) is 9.00 Å². The van der Waals surface area contributed by atoms with E-state index < -0.39 is 16.8 Å². The fourth-order valence-electron chi connectivity index (χ4n) is 2.26. The highest BCUT2D eigenvalue weighted by Gasteiger charge is 2.37. The number of rotatable bonds is 3. The van der Waals surface area contributed by atoms with E-state index in [0.717, 1.165) is 37.2 Å². The molecule has 15 heavy (non-hydrogen) atoms. The Morgan fingerprint density at radius 3 is 2.33 bits per heavy atom. The normalized spacial score (nSPS) is 40.8. The Hall–Kier alpha value is -0.420. The van der Waals surface area contributed by atoms with Crippen LogP contribution in [0.25, 0.3) is 0 Å². The van der Waals surface area contributed by atoms with Gasteiger partial charge in [0, 0.05) is 34.4 Å². The van der Waals surface area contributed by atoms with E-state index in [2.05, 4.69) is 5.32 Å². The Kier molecular flexibility index (Phi) is 3.41. The smallest absolute Gasteiger partial charge is 0.308 e. The zero-order valence-electron chi connectivity index (χ0n) is 8.65. The van der Waals surface area contributed by atoms with Crippen LogP contribution in [0, 0.1) is 5.92 Å². The van der Waals surface area contributed by atoms with Gasteiger partial charge in [0.05, 0.1) is 5.92 Å². The molecule has 2 rings (SSSR count). The SMILES string of the molecule is O=C(O)C1CCC1NC1CCS(=O)CC1. The van der Waals surface area contributed by atoms with Crippen molar-refractivity contribution in [2.45, 2.75) is 37.8 Å². The third kappa shape index (κ3) is 2.58. The summed E-state index contributed by atoms with van der Waals surface area (Å²) in [4.78, 5) is 10.8. The zero-order valence-corrected chi connectivity index (χ0v) is 9.46. The van der Waals surface area contributed by atoms with Crippen LogP contribution in [0.2, 0.25) is 0 Å². The fraction of sp³-hybridized carbons (Fsp3) is 0.900. The van der Waals surface area contributed by atoms with Crippen LogP contribution in [0.4, 0.5) is 0 Å². The summed E-state index contributed by atoms with van der Waals surface area (Å²) in [7, 11) is -0.634. The largest absolute Gasteiger partial charge is 0.481 e. The van der Waals surface area contributed by atoms with Gasteiger partial charge in [0.1, 0.15) is 0 Å². The monoisotopic (exact) mass is 231 g/mol. The van der Waals surface area contributed by atoms with Crippen molar-refractivity contribution in [3.63, 3.8) is 0 Å². The highest BCUT2D eigenvalue weighted by atomic mass is 32.2. The lowest BCUT2D eigenvalue weighted by atomic mass is 9.79. The molecule has 2 unspecified atom stereocenters. The molecule has 4 nitrogen and oxygen atoms in total. The Balaban J connectivity index is 1.77. The molecule has 1 aliphatic carbocycles. The van der Waals surface area contributed by atoms with Crippen LogP contribution in [0.3, 0.4) is 0 Å². The maximum atomic E-state index is 11.1. The number of carboxylic acids is 1. The Bertz CT molecular complexity index is 272. The molecule has 0 radical (unpaired) electrons. The zero-order chi connectivity index (χ0) is 10.8. The summed E-state index contributed by atoms with van der Waals surface area (Å²) in [5, 5.41) is 12.3. The molecule has 2 aliphatic rings. The van der Waals surface area contributed by atoms with Crippen molar-refractivity contribution in [3.8, 4) is 0 Å². The number of carboxylic acid groups (broad SMARTS) is 1. The summed E-state index contributed by atoms with van der Waals surface area (Å²) < 4.78 is 11.1. The first kappa shape index (κ1) is 11.1. The number of aliphatic carboxylic acids is 1. The van der Waals surface area contributed by atoms with Crippen LogP contribution in [-0.4, -0.2) is 38.9 Å². The summed E-state index contributed by atoms with van der Waals surface area (Å²) >= 11 is 0. The van der Waals surface area contributed by atoms with Crippen LogP contribution in [0.5, 0.6) is 0 Å². The van der Waals surface area contributed by atoms with Gasteiger partial charge in [0.25, 0.3) is 0 Å². The second-order valence-electron chi connectivity index (χ2n) is 4.42. The lowest BCUT2D eigenvalue weighted by Gasteiger charge is -2.38. The summed E-state index contributed by atoms with van der Waals surface area (Å²) in [6.07, 6.45) is 3.62. The number of nitrogens with one attached hydrogen (secondary N) is 1. The van der Waals surface area contributed by atoms with E-state index >= 15 is 0 Å². The van der Waals surface area contributed by atoms with Crippen LogP contribution < -0.4 is 5.32 Å². The van der Waals surface area contributed by atoms with Crippen molar-refractivity contribution in [3.05, 3.63) is 0 Å². The topological polar surface area (TPSA) is 66.4 Å². The molecule has 0 aromatic heterocycles. The summed E-state index contributed by atoms with van der Waals surface area (Å²) in [5.41, 5.74) is 0. The molecule has 1 aliphatic heterocycles. The lowest BCUT2D eigenvalue weighted by molar-refractivity contribution is -0.146. The van der Waals surface area contributed by atoms with Crippen molar-refractivity contribution in [2.75, 3.05) is 11.5 Å². The molecule has 1 heterocycles. The fourth-order valence-corrected chi connectivity index (χ4v) is 3.56. The summed E-state index contributed by atoms with van der Waals surface area (Å²) in [5.74, 6) is 0.653. The van der Waals surface area contributed by atoms with Gasteiger partial charge in [-0.1, -0.05) is 0 Å². The van der Waals surface area contributed by atoms with Gasteiger partial charge in [-0.05, 0) is 25.7 Å². The summed E-state index contributed by atoms with van der Waals surface area (Å²) in [6.45, 7) is 0. The molecule has 1 saturated heterocycles. The van der Waals surface area contributed by atoms with Crippen molar-refractivity contribution in [1.29, 1.82) is 0 Å². The van der Waals surface area contributed by atoms with Crippen LogP contribution in [0.15, 0.2) is 0 Å². The van der Waals surface area contributed by atoms with E-state index in [1.54, 1.807) is 0 Å². The van der Waals surface area contributed by atoms with E-state index in [-0.39, 0.29) is 12.0 Å². The predicted molar refractivity (Wildman–Crippen MR) is 58.2 cm³/mol. The average Bonchev–Trinajstić information content (AvgIpc) is 2.14. The standard InChI is InChI=1S/C10H17NO3S/c12-10(13)8-1-2-9(8)11-7-3-5-15(14)6-4-7/h7-9,11H,1-6H2,(H,12,13). The molecule has 2 fully saturated rings. The first-order valence-corrected chi connectivity index (χ1v) is 6.99. The molecule has 0 aromatic carbocycles. The highest BCUT2D eigenvalue weighted by Crippen LogP contribution is 2.28. The van der Waals surface area contributed by atoms with E-state index in [1.807, 2.05) is 0 Å². The maximum Gasteiger partial charge on any atom is 0.308 e. The minimum atomic E-state index is -0.682. The lowest BCUT2D eigenvalue weighted by Crippen LogP contribution is -2.52. The second-order valence-corrected chi connectivity index (χ2v) is 6.11. The molecule has 1 saturated carbocycles. The van der Waals surface area contributed by atoms with Gasteiger partial charge >= 0.3 is 5.97 Å². The van der Waals surface area contributed by atoms with Gasteiger partial charge in [-0.25, -0.2) is 0 Å². The van der Waals surface area contributed by atoms with Gasteiger partial charge in [-0.15, -0.1) is 0 Å². The van der Waals surface area contributed by atoms with Gasteiger partial charge in [0.2, 0.25) is 0 Å². The Labute approximate surface area is 91.9 Å². The number of hydrogen-bond donors (Lipinski definition) is 2. The van der Waals surface area contributed by atoms with Gasteiger partial charge in [-0.3, -0.25) is 9.00 Å². The second kappa shape index (κ2) is 4.61.